The predicted molar refractivity (Wildman–Crippen MR) is 59.5 cm³/mol. The average Bonchev–Trinajstić information content (AvgIpc) is 2.19. The van der Waals surface area contributed by atoms with Crippen LogP contribution in [0.5, 0.6) is 0 Å². The topological polar surface area (TPSA) is 63.3 Å². The van der Waals surface area contributed by atoms with Crippen LogP contribution in [-0.4, -0.2) is 17.6 Å². The van der Waals surface area contributed by atoms with E-state index in [-0.39, 0.29) is 12.5 Å². The van der Waals surface area contributed by atoms with Crippen molar-refractivity contribution in [3.63, 3.8) is 0 Å². The van der Waals surface area contributed by atoms with Gasteiger partial charge in [-0.2, -0.15) is 0 Å². The van der Waals surface area contributed by atoms with Crippen molar-refractivity contribution in [3.8, 4) is 0 Å². The second-order valence-corrected chi connectivity index (χ2v) is 3.85. The zero-order valence-corrected chi connectivity index (χ0v) is 8.89. The first-order valence-corrected chi connectivity index (χ1v) is 5.12. The van der Waals surface area contributed by atoms with Gasteiger partial charge in [-0.1, -0.05) is 37.3 Å². The number of hydrogen-bond acceptors (Lipinski definition) is 2. The highest BCUT2D eigenvalue weighted by atomic mass is 16.4. The zero-order chi connectivity index (χ0) is 11.3. The summed E-state index contributed by atoms with van der Waals surface area (Å²) in [5.74, 6) is -1.19. The third-order valence-corrected chi connectivity index (χ3v) is 2.66. The molecule has 0 aromatic heterocycles. The molecule has 3 nitrogen and oxygen atoms in total. The van der Waals surface area contributed by atoms with E-state index in [1.165, 1.54) is 0 Å². The summed E-state index contributed by atoms with van der Waals surface area (Å²) in [4.78, 5) is 10.9. The number of benzene rings is 1. The molecule has 0 aliphatic heterocycles. The molecule has 0 radical (unpaired) electrons. The highest BCUT2D eigenvalue weighted by Gasteiger charge is 2.22. The second-order valence-electron chi connectivity index (χ2n) is 3.85. The van der Waals surface area contributed by atoms with E-state index in [0.717, 1.165) is 12.0 Å². The third-order valence-electron chi connectivity index (χ3n) is 2.66. The number of hydrogen-bond donors (Lipinski definition) is 2. The molecule has 1 aromatic carbocycles. The van der Waals surface area contributed by atoms with Gasteiger partial charge >= 0.3 is 5.97 Å². The van der Waals surface area contributed by atoms with Crippen LogP contribution in [0.25, 0.3) is 0 Å². The van der Waals surface area contributed by atoms with Crippen LogP contribution in [0, 0.1) is 11.8 Å². The molecule has 15 heavy (non-hydrogen) atoms. The lowest BCUT2D eigenvalue weighted by atomic mass is 9.88. The fourth-order valence-corrected chi connectivity index (χ4v) is 1.70. The minimum Gasteiger partial charge on any atom is -0.481 e. The number of nitrogens with two attached hydrogens (primary N) is 1. The molecule has 0 amide bonds. The summed E-state index contributed by atoms with van der Waals surface area (Å²) in [5, 5.41) is 8.94. The van der Waals surface area contributed by atoms with Crippen LogP contribution in [0.3, 0.4) is 0 Å². The quantitative estimate of drug-likeness (QED) is 0.769. The maximum atomic E-state index is 10.9. The van der Waals surface area contributed by atoms with Crippen molar-refractivity contribution >= 4 is 5.97 Å². The minimum absolute atomic E-state index is 0.0647. The van der Waals surface area contributed by atoms with Crippen LogP contribution in [-0.2, 0) is 11.2 Å². The Morgan fingerprint density at radius 1 is 1.40 bits per heavy atom. The molecule has 3 N–H and O–H groups in total. The van der Waals surface area contributed by atoms with Crippen molar-refractivity contribution in [1.29, 1.82) is 0 Å². The van der Waals surface area contributed by atoms with E-state index in [1.807, 2.05) is 37.3 Å². The summed E-state index contributed by atoms with van der Waals surface area (Å²) in [6.07, 6.45) is 0.759. The Labute approximate surface area is 89.9 Å². The Hall–Kier alpha value is -1.35. The van der Waals surface area contributed by atoms with Gasteiger partial charge in [0.2, 0.25) is 0 Å². The normalized spacial score (nSPS) is 14.5. The van der Waals surface area contributed by atoms with Gasteiger partial charge in [0.25, 0.3) is 0 Å². The van der Waals surface area contributed by atoms with Crippen LogP contribution in [0.4, 0.5) is 0 Å². The lowest BCUT2D eigenvalue weighted by Gasteiger charge is -2.18. The van der Waals surface area contributed by atoms with Gasteiger partial charge in [-0.3, -0.25) is 4.79 Å². The summed E-state index contributed by atoms with van der Waals surface area (Å²) in [6, 6.07) is 9.88. The van der Waals surface area contributed by atoms with Crippen molar-refractivity contribution in [1.82, 2.24) is 0 Å². The first-order valence-electron chi connectivity index (χ1n) is 5.12. The summed E-state index contributed by atoms with van der Waals surface area (Å²) in [6.45, 7) is 2.13. The Morgan fingerprint density at radius 2 is 2.00 bits per heavy atom. The smallest absolute Gasteiger partial charge is 0.308 e. The maximum Gasteiger partial charge on any atom is 0.308 e. The van der Waals surface area contributed by atoms with Crippen LogP contribution in [0.15, 0.2) is 30.3 Å². The molecular formula is C12H17NO2. The van der Waals surface area contributed by atoms with Gasteiger partial charge in [0.05, 0.1) is 5.92 Å². The van der Waals surface area contributed by atoms with Crippen LogP contribution < -0.4 is 5.73 Å². The molecule has 0 aliphatic carbocycles. The summed E-state index contributed by atoms with van der Waals surface area (Å²) >= 11 is 0. The van der Waals surface area contributed by atoms with E-state index in [9.17, 15) is 4.79 Å². The van der Waals surface area contributed by atoms with Crippen LogP contribution in [0.2, 0.25) is 0 Å². The van der Waals surface area contributed by atoms with Gasteiger partial charge in [0, 0.05) is 6.54 Å². The van der Waals surface area contributed by atoms with Crippen molar-refractivity contribution in [3.05, 3.63) is 35.9 Å². The van der Waals surface area contributed by atoms with E-state index < -0.39 is 11.9 Å². The molecule has 2 unspecified atom stereocenters. The van der Waals surface area contributed by atoms with Gasteiger partial charge in [-0.15, -0.1) is 0 Å². The molecule has 0 saturated carbocycles. The molecular weight excluding hydrogens is 190 g/mol. The lowest BCUT2D eigenvalue weighted by molar-refractivity contribution is -0.143. The first kappa shape index (κ1) is 11.7. The van der Waals surface area contributed by atoms with E-state index in [1.54, 1.807) is 0 Å². The lowest BCUT2D eigenvalue weighted by Crippen LogP contribution is -2.30. The van der Waals surface area contributed by atoms with E-state index in [0.29, 0.717) is 0 Å². The Balaban J connectivity index is 2.62. The van der Waals surface area contributed by atoms with Gasteiger partial charge in [-0.05, 0) is 17.9 Å². The number of aliphatic carboxylic acids is 1. The van der Waals surface area contributed by atoms with E-state index in [2.05, 4.69) is 0 Å². The molecule has 1 aromatic rings. The molecule has 3 heteroatoms. The standard InChI is InChI=1S/C12H17NO2/c1-9(11(8-13)12(14)15)7-10-5-3-2-4-6-10/h2-6,9,11H,7-8,13H2,1H3,(H,14,15). The Morgan fingerprint density at radius 3 is 2.47 bits per heavy atom. The SMILES string of the molecule is CC(Cc1ccccc1)C(CN)C(=O)O. The predicted octanol–water partition coefficient (Wildman–Crippen LogP) is 1.52. The average molecular weight is 207 g/mol. The highest BCUT2D eigenvalue weighted by molar-refractivity contribution is 5.70. The highest BCUT2D eigenvalue weighted by Crippen LogP contribution is 2.16. The van der Waals surface area contributed by atoms with Gasteiger partial charge in [-0.25, -0.2) is 0 Å². The summed E-state index contributed by atoms with van der Waals surface area (Å²) in [7, 11) is 0. The van der Waals surface area contributed by atoms with Crippen molar-refractivity contribution < 1.29 is 9.90 Å². The fourth-order valence-electron chi connectivity index (χ4n) is 1.70. The number of rotatable bonds is 5. The molecule has 2 atom stereocenters. The van der Waals surface area contributed by atoms with Crippen molar-refractivity contribution in [2.75, 3.05) is 6.54 Å². The molecule has 0 heterocycles. The summed E-state index contributed by atoms with van der Waals surface area (Å²) < 4.78 is 0. The van der Waals surface area contributed by atoms with Crippen LogP contribution >= 0.6 is 0 Å². The van der Waals surface area contributed by atoms with E-state index >= 15 is 0 Å². The van der Waals surface area contributed by atoms with Gasteiger partial charge in [0.15, 0.2) is 0 Å². The zero-order valence-electron chi connectivity index (χ0n) is 8.89. The molecule has 0 fully saturated rings. The maximum absolute atomic E-state index is 10.9. The summed E-state index contributed by atoms with van der Waals surface area (Å²) in [5.41, 5.74) is 6.60. The second kappa shape index (κ2) is 5.51. The molecule has 1 rings (SSSR count). The number of carbonyl (C=O) groups is 1. The first-order chi connectivity index (χ1) is 7.15. The van der Waals surface area contributed by atoms with E-state index in [4.69, 9.17) is 10.8 Å². The minimum atomic E-state index is -0.805. The fraction of sp³-hybridized carbons (Fsp3) is 0.417. The molecule has 82 valence electrons. The van der Waals surface area contributed by atoms with Gasteiger partial charge < -0.3 is 10.8 Å². The van der Waals surface area contributed by atoms with Crippen molar-refractivity contribution in [2.24, 2.45) is 17.6 Å². The van der Waals surface area contributed by atoms with Crippen molar-refractivity contribution in [2.45, 2.75) is 13.3 Å². The monoisotopic (exact) mass is 207 g/mol. The largest absolute Gasteiger partial charge is 0.481 e. The molecule has 0 saturated heterocycles. The Bertz CT molecular complexity index is 311. The molecule has 0 aliphatic rings. The Kier molecular flexibility index (Phi) is 4.31. The van der Waals surface area contributed by atoms with Gasteiger partial charge in [0.1, 0.15) is 0 Å². The number of carboxylic acids is 1. The van der Waals surface area contributed by atoms with Crippen LogP contribution in [0.1, 0.15) is 12.5 Å². The third kappa shape index (κ3) is 3.36. The molecule has 0 spiro atoms. The molecule has 0 bridgehead atoms. The number of carboxylic acid groups (broad SMARTS) is 1.